The first-order chi connectivity index (χ1) is 14.4. The van der Waals surface area contributed by atoms with Crippen LogP contribution in [0.1, 0.15) is 47.5 Å². The third-order valence-electron chi connectivity index (χ3n) is 5.49. The van der Waals surface area contributed by atoms with Crippen LogP contribution >= 0.6 is 0 Å². The zero-order chi connectivity index (χ0) is 21.7. The number of aromatic nitrogens is 4. The van der Waals surface area contributed by atoms with Gasteiger partial charge in [-0.05, 0) is 32.4 Å². The van der Waals surface area contributed by atoms with E-state index in [4.69, 9.17) is 0 Å². The number of nitrogens with zero attached hydrogens (tertiary/aromatic N) is 6. The second-order valence-electron chi connectivity index (χ2n) is 7.25. The minimum absolute atomic E-state index is 0.0714. The lowest BCUT2D eigenvalue weighted by Gasteiger charge is -2.45. The van der Waals surface area contributed by atoms with Gasteiger partial charge in [0.05, 0.1) is 12.7 Å². The van der Waals surface area contributed by atoms with Crippen molar-refractivity contribution in [3.8, 4) is 0 Å². The van der Waals surface area contributed by atoms with Crippen molar-refractivity contribution in [2.24, 2.45) is 0 Å². The van der Waals surface area contributed by atoms with Crippen LogP contribution in [0, 0.1) is 0 Å². The van der Waals surface area contributed by atoms with Gasteiger partial charge in [0.2, 0.25) is 5.91 Å². The van der Waals surface area contributed by atoms with Crippen molar-refractivity contribution in [3.63, 3.8) is 0 Å². The summed E-state index contributed by atoms with van der Waals surface area (Å²) in [6.07, 6.45) is 5.54. The van der Waals surface area contributed by atoms with Crippen LogP contribution in [0.4, 0.5) is 0 Å². The van der Waals surface area contributed by atoms with E-state index in [1.165, 1.54) is 31.8 Å². The number of esters is 1. The molecule has 10 nitrogen and oxygen atoms in total. The molecule has 0 spiro atoms. The van der Waals surface area contributed by atoms with Crippen LogP contribution < -0.4 is 0 Å². The first-order valence-electron chi connectivity index (χ1n) is 9.89. The Kier molecular flexibility index (Phi) is 6.76. The van der Waals surface area contributed by atoms with E-state index in [1.54, 1.807) is 15.9 Å². The Labute approximate surface area is 174 Å². The maximum absolute atomic E-state index is 12.9. The second kappa shape index (κ2) is 9.47. The molecule has 2 atom stereocenters. The summed E-state index contributed by atoms with van der Waals surface area (Å²) in [5.41, 5.74) is 0.547. The fourth-order valence-electron chi connectivity index (χ4n) is 3.57. The highest BCUT2D eigenvalue weighted by Crippen LogP contribution is 2.20. The number of carbonyl (C=O) groups is 3. The number of aryl methyl sites for hydroxylation is 1. The van der Waals surface area contributed by atoms with E-state index >= 15 is 0 Å². The van der Waals surface area contributed by atoms with Gasteiger partial charge < -0.3 is 14.5 Å². The van der Waals surface area contributed by atoms with E-state index in [0.717, 1.165) is 0 Å². The standard InChI is InChI=1S/C20H26N6O4/c1-14-15(2)26(19(28)17-7-6-16(11-22-17)20(29)30-3)10-9-25(14)18(27)5-4-8-24-13-21-12-23-24/h6-7,11-15H,4-5,8-10H2,1-3H3/t14-,15-/m1/s1. The topological polar surface area (TPSA) is 111 Å². The van der Waals surface area contributed by atoms with Gasteiger partial charge in [0.25, 0.3) is 5.91 Å². The van der Waals surface area contributed by atoms with Crippen molar-refractivity contribution in [2.75, 3.05) is 20.2 Å². The summed E-state index contributed by atoms with van der Waals surface area (Å²) in [6, 6.07) is 2.77. The summed E-state index contributed by atoms with van der Waals surface area (Å²) in [5.74, 6) is -0.648. The van der Waals surface area contributed by atoms with Crippen LogP contribution in [0.2, 0.25) is 0 Å². The SMILES string of the molecule is COC(=O)c1ccc(C(=O)N2CCN(C(=O)CCCn3cncn3)[C@H](C)[C@H]2C)nc1. The van der Waals surface area contributed by atoms with E-state index in [1.807, 2.05) is 18.7 Å². The average molecular weight is 414 g/mol. The molecular weight excluding hydrogens is 388 g/mol. The van der Waals surface area contributed by atoms with Crippen molar-refractivity contribution >= 4 is 17.8 Å². The molecule has 0 unspecified atom stereocenters. The molecule has 1 aliphatic rings. The Morgan fingerprint density at radius 3 is 2.50 bits per heavy atom. The van der Waals surface area contributed by atoms with Crippen LogP contribution in [0.3, 0.4) is 0 Å². The van der Waals surface area contributed by atoms with E-state index in [2.05, 4.69) is 19.8 Å². The van der Waals surface area contributed by atoms with Gasteiger partial charge in [0.15, 0.2) is 0 Å². The van der Waals surface area contributed by atoms with Gasteiger partial charge in [0.1, 0.15) is 18.3 Å². The Morgan fingerprint density at radius 2 is 1.87 bits per heavy atom. The first kappa shape index (κ1) is 21.4. The maximum Gasteiger partial charge on any atom is 0.339 e. The highest BCUT2D eigenvalue weighted by atomic mass is 16.5. The Bertz CT molecular complexity index is 883. The lowest BCUT2D eigenvalue weighted by Crippen LogP contribution is -2.60. The van der Waals surface area contributed by atoms with Gasteiger partial charge in [-0.15, -0.1) is 0 Å². The Hall–Kier alpha value is -3.30. The lowest BCUT2D eigenvalue weighted by atomic mass is 10.0. The average Bonchev–Trinajstić information content (AvgIpc) is 3.28. The molecule has 0 bridgehead atoms. The van der Waals surface area contributed by atoms with Crippen LogP contribution in [0.5, 0.6) is 0 Å². The highest BCUT2D eigenvalue weighted by Gasteiger charge is 2.36. The molecule has 1 aliphatic heterocycles. The van der Waals surface area contributed by atoms with Crippen molar-refractivity contribution in [2.45, 2.75) is 45.3 Å². The molecule has 0 radical (unpaired) electrons. The smallest absolute Gasteiger partial charge is 0.339 e. The third kappa shape index (κ3) is 4.64. The number of hydrogen-bond acceptors (Lipinski definition) is 7. The lowest BCUT2D eigenvalue weighted by molar-refractivity contribution is -0.137. The quantitative estimate of drug-likeness (QED) is 0.649. The summed E-state index contributed by atoms with van der Waals surface area (Å²) in [6.45, 7) is 5.42. The zero-order valence-corrected chi connectivity index (χ0v) is 17.4. The molecule has 0 saturated carbocycles. The number of rotatable bonds is 6. The molecule has 30 heavy (non-hydrogen) atoms. The van der Waals surface area contributed by atoms with Gasteiger partial charge >= 0.3 is 5.97 Å². The third-order valence-corrected chi connectivity index (χ3v) is 5.49. The van der Waals surface area contributed by atoms with E-state index in [9.17, 15) is 14.4 Å². The van der Waals surface area contributed by atoms with Crippen molar-refractivity contribution in [3.05, 3.63) is 42.2 Å². The molecule has 1 saturated heterocycles. The number of pyridine rings is 1. The fourth-order valence-corrected chi connectivity index (χ4v) is 3.57. The molecular formula is C20H26N6O4. The summed E-state index contributed by atoms with van der Waals surface area (Å²) in [7, 11) is 1.29. The second-order valence-corrected chi connectivity index (χ2v) is 7.25. The Balaban J connectivity index is 1.57. The molecule has 3 rings (SSSR count). The number of methoxy groups -OCH3 is 1. The summed E-state index contributed by atoms with van der Waals surface area (Å²) in [5, 5.41) is 4.04. The van der Waals surface area contributed by atoms with Gasteiger partial charge in [-0.1, -0.05) is 0 Å². The number of carbonyl (C=O) groups excluding carboxylic acids is 3. The first-order valence-corrected chi connectivity index (χ1v) is 9.89. The summed E-state index contributed by atoms with van der Waals surface area (Å²) < 4.78 is 6.35. The van der Waals surface area contributed by atoms with Crippen molar-refractivity contribution in [1.29, 1.82) is 0 Å². The largest absolute Gasteiger partial charge is 0.465 e. The fraction of sp³-hybridized carbons (Fsp3) is 0.500. The predicted molar refractivity (Wildman–Crippen MR) is 107 cm³/mol. The number of amides is 2. The molecule has 160 valence electrons. The van der Waals surface area contributed by atoms with E-state index < -0.39 is 5.97 Å². The molecule has 2 aromatic rings. The summed E-state index contributed by atoms with van der Waals surface area (Å²) in [4.78, 5) is 48.7. The highest BCUT2D eigenvalue weighted by molar-refractivity contribution is 5.94. The van der Waals surface area contributed by atoms with Crippen molar-refractivity contribution in [1.82, 2.24) is 29.5 Å². The molecule has 3 heterocycles. The zero-order valence-electron chi connectivity index (χ0n) is 17.4. The summed E-state index contributed by atoms with van der Waals surface area (Å²) >= 11 is 0. The molecule has 0 N–H and O–H groups in total. The normalized spacial score (nSPS) is 18.9. The van der Waals surface area contributed by atoms with Gasteiger partial charge in [-0.2, -0.15) is 5.10 Å². The monoisotopic (exact) mass is 414 g/mol. The van der Waals surface area contributed by atoms with E-state index in [-0.39, 0.29) is 35.2 Å². The van der Waals surface area contributed by atoms with Gasteiger partial charge in [-0.25, -0.2) is 9.78 Å². The predicted octanol–water partition coefficient (Wildman–Crippen LogP) is 1.00. The Morgan fingerprint density at radius 1 is 1.13 bits per heavy atom. The minimum atomic E-state index is -0.501. The van der Waals surface area contributed by atoms with Crippen LogP contribution in [0.15, 0.2) is 31.0 Å². The maximum atomic E-state index is 12.9. The minimum Gasteiger partial charge on any atom is -0.465 e. The van der Waals surface area contributed by atoms with Crippen molar-refractivity contribution < 1.29 is 19.1 Å². The van der Waals surface area contributed by atoms with Crippen LogP contribution in [-0.4, -0.2) is 79.6 Å². The molecule has 1 fully saturated rings. The molecule has 0 aliphatic carbocycles. The van der Waals surface area contributed by atoms with Gasteiger partial charge in [0, 0.05) is 44.3 Å². The van der Waals surface area contributed by atoms with Crippen LogP contribution in [-0.2, 0) is 16.1 Å². The molecule has 10 heteroatoms. The molecule has 2 amide bonds. The van der Waals surface area contributed by atoms with E-state index in [0.29, 0.717) is 32.5 Å². The van der Waals surface area contributed by atoms with Gasteiger partial charge in [-0.3, -0.25) is 19.3 Å². The van der Waals surface area contributed by atoms with Crippen LogP contribution in [0.25, 0.3) is 0 Å². The molecule has 2 aromatic heterocycles. The number of hydrogen-bond donors (Lipinski definition) is 0. The number of ether oxygens (including phenoxy) is 1. The number of piperazine rings is 1. The molecule has 0 aromatic carbocycles.